The molecule has 3 rings (SSSR count). The van der Waals surface area contributed by atoms with Crippen molar-refractivity contribution in [3.8, 4) is 5.75 Å². The van der Waals surface area contributed by atoms with Crippen molar-refractivity contribution in [2.75, 3.05) is 13.2 Å². The molecular formula is C25H24ClN3O4S. The molecule has 9 heteroatoms. The summed E-state index contributed by atoms with van der Waals surface area (Å²) in [5.74, 6) is -0.291. The first-order chi connectivity index (χ1) is 16.5. The number of halogens is 1. The van der Waals surface area contributed by atoms with E-state index >= 15 is 0 Å². The first-order valence-electron chi connectivity index (χ1n) is 10.5. The number of hydrogen-bond acceptors (Lipinski definition) is 5. The molecule has 0 fully saturated rings. The fourth-order valence-corrected chi connectivity index (χ4v) is 3.86. The lowest BCUT2D eigenvalue weighted by Gasteiger charge is -2.11. The maximum atomic E-state index is 12.3. The molecule has 3 aromatic carbocycles. The lowest BCUT2D eigenvalue weighted by Crippen LogP contribution is -2.46. The molecular weight excluding hydrogens is 474 g/mol. The predicted molar refractivity (Wildman–Crippen MR) is 133 cm³/mol. The molecule has 0 aliphatic heterocycles. The zero-order valence-electron chi connectivity index (χ0n) is 18.5. The Morgan fingerprint density at radius 2 is 1.59 bits per heavy atom. The van der Waals surface area contributed by atoms with Crippen LogP contribution in [0.3, 0.4) is 0 Å². The number of hydrogen-bond donors (Lipinski definition) is 3. The predicted octanol–water partition coefficient (Wildman–Crippen LogP) is 4.22. The molecule has 0 spiro atoms. The second-order valence-corrected chi connectivity index (χ2v) is 8.54. The molecule has 3 aromatic rings. The summed E-state index contributed by atoms with van der Waals surface area (Å²) in [5.41, 5.74) is 6.42. The van der Waals surface area contributed by atoms with Crippen molar-refractivity contribution in [1.29, 1.82) is 0 Å². The fourth-order valence-electron chi connectivity index (χ4n) is 2.88. The van der Waals surface area contributed by atoms with Crippen LogP contribution in [0.2, 0.25) is 5.02 Å². The zero-order valence-corrected chi connectivity index (χ0v) is 20.0. The van der Waals surface area contributed by atoms with Crippen LogP contribution in [0.5, 0.6) is 5.75 Å². The SMILES string of the molecule is CCOc1ccccc1C(=O)NCC(=O)NNC(=O)c1ccc(CSc2ccc(Cl)cc2)cc1. The molecule has 7 nitrogen and oxygen atoms in total. The Bertz CT molecular complexity index is 1140. The maximum absolute atomic E-state index is 12.3. The number of carbonyl (C=O) groups is 3. The van der Waals surface area contributed by atoms with Gasteiger partial charge in [0.15, 0.2) is 0 Å². The first kappa shape index (κ1) is 25.1. The van der Waals surface area contributed by atoms with Gasteiger partial charge in [-0.25, -0.2) is 0 Å². The van der Waals surface area contributed by atoms with Gasteiger partial charge in [-0.05, 0) is 61.0 Å². The van der Waals surface area contributed by atoms with Gasteiger partial charge < -0.3 is 10.1 Å². The van der Waals surface area contributed by atoms with Gasteiger partial charge in [-0.15, -0.1) is 11.8 Å². The number of para-hydroxylation sites is 1. The molecule has 0 heterocycles. The number of hydrazine groups is 1. The van der Waals surface area contributed by atoms with Gasteiger partial charge in [0, 0.05) is 21.2 Å². The molecule has 0 saturated carbocycles. The summed E-state index contributed by atoms with van der Waals surface area (Å²) in [5, 5.41) is 3.20. The Morgan fingerprint density at radius 3 is 2.29 bits per heavy atom. The van der Waals surface area contributed by atoms with Crippen molar-refractivity contribution >= 4 is 41.1 Å². The minimum atomic E-state index is -0.563. The highest BCUT2D eigenvalue weighted by molar-refractivity contribution is 7.98. The highest BCUT2D eigenvalue weighted by atomic mass is 35.5. The van der Waals surface area contributed by atoms with E-state index in [1.807, 2.05) is 43.3 Å². The van der Waals surface area contributed by atoms with Crippen molar-refractivity contribution in [3.63, 3.8) is 0 Å². The van der Waals surface area contributed by atoms with Gasteiger partial charge in [-0.1, -0.05) is 35.9 Å². The third-order valence-electron chi connectivity index (χ3n) is 4.59. The summed E-state index contributed by atoms with van der Waals surface area (Å²) in [7, 11) is 0. The molecule has 0 radical (unpaired) electrons. The molecule has 176 valence electrons. The molecule has 34 heavy (non-hydrogen) atoms. The summed E-state index contributed by atoms with van der Waals surface area (Å²) in [4.78, 5) is 37.8. The van der Waals surface area contributed by atoms with Crippen molar-refractivity contribution < 1.29 is 19.1 Å². The van der Waals surface area contributed by atoms with Gasteiger partial charge in [-0.3, -0.25) is 25.2 Å². The van der Waals surface area contributed by atoms with Gasteiger partial charge in [0.05, 0.1) is 18.7 Å². The number of ether oxygens (including phenoxy) is 1. The van der Waals surface area contributed by atoms with E-state index < -0.39 is 17.7 Å². The Balaban J connectivity index is 1.42. The lowest BCUT2D eigenvalue weighted by molar-refractivity contribution is -0.120. The smallest absolute Gasteiger partial charge is 0.269 e. The number of nitrogens with one attached hydrogen (secondary N) is 3. The minimum absolute atomic E-state index is 0.305. The van der Waals surface area contributed by atoms with E-state index in [1.54, 1.807) is 48.2 Å². The number of rotatable bonds is 9. The second kappa shape index (κ2) is 12.7. The molecule has 3 amide bonds. The number of carbonyl (C=O) groups excluding carboxylic acids is 3. The summed E-state index contributed by atoms with van der Waals surface area (Å²) in [6, 6.07) is 21.4. The van der Waals surface area contributed by atoms with Gasteiger partial charge in [0.25, 0.3) is 17.7 Å². The van der Waals surface area contributed by atoms with Crippen LogP contribution in [0, 0.1) is 0 Å². The Morgan fingerprint density at radius 1 is 0.882 bits per heavy atom. The zero-order chi connectivity index (χ0) is 24.3. The fraction of sp³-hybridized carbons (Fsp3) is 0.160. The highest BCUT2D eigenvalue weighted by Crippen LogP contribution is 2.24. The standard InChI is InChI=1S/C25H24ClN3O4S/c1-2-33-22-6-4-3-5-21(22)25(32)27-15-23(30)28-29-24(31)18-9-7-17(8-10-18)16-34-20-13-11-19(26)12-14-20/h3-14H,2,15-16H2,1H3,(H,27,32)(H,28,30)(H,29,31). The quantitative estimate of drug-likeness (QED) is 0.304. The maximum Gasteiger partial charge on any atom is 0.269 e. The van der Waals surface area contributed by atoms with Gasteiger partial charge in [0.1, 0.15) is 5.75 Å². The van der Waals surface area contributed by atoms with E-state index in [9.17, 15) is 14.4 Å². The van der Waals surface area contributed by atoms with Crippen LogP contribution in [-0.2, 0) is 10.5 Å². The first-order valence-corrected chi connectivity index (χ1v) is 11.9. The number of amides is 3. The molecule has 0 bridgehead atoms. The molecule has 0 atom stereocenters. The van der Waals surface area contributed by atoms with E-state index in [4.69, 9.17) is 16.3 Å². The van der Waals surface area contributed by atoms with Crippen LogP contribution < -0.4 is 20.9 Å². The molecule has 0 saturated heterocycles. The second-order valence-electron chi connectivity index (χ2n) is 7.05. The summed E-state index contributed by atoms with van der Waals surface area (Å²) in [6.45, 7) is 1.93. The normalized spacial score (nSPS) is 10.3. The third kappa shape index (κ3) is 7.54. The van der Waals surface area contributed by atoms with Crippen LogP contribution in [0.25, 0.3) is 0 Å². The number of benzene rings is 3. The van der Waals surface area contributed by atoms with E-state index in [-0.39, 0.29) is 6.54 Å². The average molecular weight is 498 g/mol. The monoisotopic (exact) mass is 497 g/mol. The van der Waals surface area contributed by atoms with Gasteiger partial charge >= 0.3 is 0 Å². The summed E-state index contributed by atoms with van der Waals surface area (Å²) in [6.07, 6.45) is 0. The Kier molecular flexibility index (Phi) is 9.37. The van der Waals surface area contributed by atoms with E-state index in [0.29, 0.717) is 28.5 Å². The Hall–Kier alpha value is -3.49. The van der Waals surface area contributed by atoms with Crippen LogP contribution in [0.1, 0.15) is 33.2 Å². The van der Waals surface area contributed by atoms with Crippen LogP contribution in [0.15, 0.2) is 77.7 Å². The molecule has 0 aromatic heterocycles. The van der Waals surface area contributed by atoms with Gasteiger partial charge in [0.2, 0.25) is 0 Å². The highest BCUT2D eigenvalue weighted by Gasteiger charge is 2.13. The van der Waals surface area contributed by atoms with E-state index in [1.165, 1.54) is 0 Å². The largest absolute Gasteiger partial charge is 0.493 e. The van der Waals surface area contributed by atoms with Crippen molar-refractivity contribution in [2.45, 2.75) is 17.6 Å². The summed E-state index contributed by atoms with van der Waals surface area (Å²) >= 11 is 7.56. The van der Waals surface area contributed by atoms with E-state index in [0.717, 1.165) is 16.2 Å². The number of thioether (sulfide) groups is 1. The van der Waals surface area contributed by atoms with Crippen LogP contribution in [0.4, 0.5) is 0 Å². The third-order valence-corrected chi connectivity index (χ3v) is 5.93. The van der Waals surface area contributed by atoms with Gasteiger partial charge in [-0.2, -0.15) is 0 Å². The molecule has 0 aliphatic rings. The van der Waals surface area contributed by atoms with Crippen LogP contribution in [-0.4, -0.2) is 30.9 Å². The molecule has 0 unspecified atom stereocenters. The molecule has 3 N–H and O–H groups in total. The summed E-state index contributed by atoms with van der Waals surface area (Å²) < 4.78 is 5.42. The average Bonchev–Trinajstić information content (AvgIpc) is 2.86. The van der Waals surface area contributed by atoms with Crippen molar-refractivity contribution in [1.82, 2.24) is 16.2 Å². The van der Waals surface area contributed by atoms with E-state index in [2.05, 4.69) is 16.2 Å². The van der Waals surface area contributed by atoms with Crippen LogP contribution >= 0.6 is 23.4 Å². The minimum Gasteiger partial charge on any atom is -0.493 e. The van der Waals surface area contributed by atoms with Crippen molar-refractivity contribution in [3.05, 3.63) is 94.5 Å². The topological polar surface area (TPSA) is 96.5 Å². The Labute approximate surface area is 207 Å². The molecule has 0 aliphatic carbocycles. The lowest BCUT2D eigenvalue weighted by atomic mass is 10.1. The van der Waals surface area contributed by atoms with Crippen molar-refractivity contribution in [2.24, 2.45) is 0 Å².